The molecule has 2 rings (SSSR count). The minimum atomic E-state index is -0.237. The van der Waals surface area contributed by atoms with Crippen molar-refractivity contribution in [3.8, 4) is 0 Å². The Morgan fingerprint density at radius 1 is 1.25 bits per heavy atom. The van der Waals surface area contributed by atoms with Gasteiger partial charge in [0.1, 0.15) is 5.82 Å². The summed E-state index contributed by atoms with van der Waals surface area (Å²) in [6.45, 7) is 1.60. The van der Waals surface area contributed by atoms with Gasteiger partial charge >= 0.3 is 0 Å². The number of rotatable bonds is 2. The van der Waals surface area contributed by atoms with Gasteiger partial charge < -0.3 is 4.90 Å². The number of nitrogens with zero attached hydrogens (tertiary/aromatic N) is 1. The quantitative estimate of drug-likeness (QED) is 0.742. The fraction of sp³-hybridized carbons (Fsp3) is 0.417. The predicted octanol–water partition coefficient (Wildman–Crippen LogP) is 2.81. The lowest BCUT2D eigenvalue weighted by Gasteiger charge is -2.32. The molecule has 0 aromatic heterocycles. The molecule has 1 fully saturated rings. The van der Waals surface area contributed by atoms with Gasteiger partial charge in [-0.15, -0.1) is 0 Å². The second-order valence-corrected chi connectivity index (χ2v) is 4.41. The van der Waals surface area contributed by atoms with Crippen molar-refractivity contribution in [2.45, 2.75) is 12.8 Å². The maximum absolute atomic E-state index is 12.7. The summed E-state index contributed by atoms with van der Waals surface area (Å²) in [6, 6.07) is 6.43. The fourth-order valence-electron chi connectivity index (χ4n) is 2.02. The molecule has 0 N–H and O–H groups in total. The lowest BCUT2D eigenvalue weighted by Crippen LogP contribution is -2.35. The van der Waals surface area contributed by atoms with E-state index < -0.39 is 0 Å². The zero-order chi connectivity index (χ0) is 11.5. The normalized spacial score (nSPS) is 17.5. The first-order valence-corrected chi connectivity index (χ1v) is 5.74. The van der Waals surface area contributed by atoms with E-state index in [1.165, 1.54) is 12.1 Å². The van der Waals surface area contributed by atoms with Gasteiger partial charge in [0.15, 0.2) is 0 Å². The number of carbonyl (C=O) groups is 1. The van der Waals surface area contributed by atoms with E-state index in [0.29, 0.717) is 0 Å². The van der Waals surface area contributed by atoms with Crippen molar-refractivity contribution in [3.63, 3.8) is 0 Å². The number of piperidine rings is 1. The highest BCUT2D eigenvalue weighted by molar-refractivity contribution is 6.64. The minimum absolute atomic E-state index is 0.0154. The van der Waals surface area contributed by atoms with Gasteiger partial charge in [-0.3, -0.25) is 4.79 Å². The van der Waals surface area contributed by atoms with Crippen LogP contribution in [0.15, 0.2) is 24.3 Å². The molecule has 1 aliphatic heterocycles. The van der Waals surface area contributed by atoms with Crippen LogP contribution in [-0.4, -0.2) is 18.3 Å². The predicted molar refractivity (Wildman–Crippen MR) is 62.2 cm³/mol. The number of benzene rings is 1. The summed E-state index contributed by atoms with van der Waals surface area (Å²) in [6.07, 6.45) is 1.55. The highest BCUT2D eigenvalue weighted by Crippen LogP contribution is 2.24. The molecule has 16 heavy (non-hydrogen) atoms. The Balaban J connectivity index is 1.99. The Morgan fingerprint density at radius 3 is 2.31 bits per heavy atom. The third-order valence-electron chi connectivity index (χ3n) is 3.01. The Bertz CT molecular complexity index is 371. The van der Waals surface area contributed by atoms with Crippen LogP contribution in [0.3, 0.4) is 0 Å². The van der Waals surface area contributed by atoms with Gasteiger partial charge in [-0.25, -0.2) is 4.39 Å². The van der Waals surface area contributed by atoms with Crippen LogP contribution in [0.25, 0.3) is 0 Å². The Kier molecular flexibility index (Phi) is 3.44. The van der Waals surface area contributed by atoms with Crippen molar-refractivity contribution in [3.05, 3.63) is 30.1 Å². The van der Waals surface area contributed by atoms with Crippen molar-refractivity contribution in [1.82, 2.24) is 0 Å². The molecule has 0 bridgehead atoms. The number of hydrogen-bond donors (Lipinski definition) is 0. The zero-order valence-electron chi connectivity index (χ0n) is 8.83. The summed E-state index contributed by atoms with van der Waals surface area (Å²) in [4.78, 5) is 13.1. The van der Waals surface area contributed by atoms with E-state index in [2.05, 4.69) is 4.90 Å². The average molecular weight is 242 g/mol. The monoisotopic (exact) mass is 241 g/mol. The largest absolute Gasteiger partial charge is 0.371 e. The lowest BCUT2D eigenvalue weighted by molar-refractivity contribution is -0.115. The molecule has 0 radical (unpaired) electrons. The van der Waals surface area contributed by atoms with Crippen LogP contribution >= 0.6 is 11.6 Å². The van der Waals surface area contributed by atoms with Crippen LogP contribution in [0.2, 0.25) is 0 Å². The van der Waals surface area contributed by atoms with Gasteiger partial charge in [-0.1, -0.05) is 0 Å². The molecule has 0 amide bonds. The van der Waals surface area contributed by atoms with E-state index in [0.717, 1.165) is 31.6 Å². The van der Waals surface area contributed by atoms with Crippen molar-refractivity contribution >= 4 is 22.5 Å². The van der Waals surface area contributed by atoms with Crippen molar-refractivity contribution < 1.29 is 9.18 Å². The summed E-state index contributed by atoms with van der Waals surface area (Å²) in [7, 11) is 0. The van der Waals surface area contributed by atoms with Crippen LogP contribution < -0.4 is 4.90 Å². The summed E-state index contributed by atoms with van der Waals surface area (Å²) in [5, 5.41) is -0.237. The molecule has 1 saturated heterocycles. The van der Waals surface area contributed by atoms with Crippen LogP contribution in [0.1, 0.15) is 12.8 Å². The first-order chi connectivity index (χ1) is 7.66. The molecule has 2 nitrogen and oxygen atoms in total. The molecular formula is C12H13ClFNO. The molecule has 0 spiro atoms. The Morgan fingerprint density at radius 2 is 1.81 bits per heavy atom. The zero-order valence-corrected chi connectivity index (χ0v) is 9.58. The summed E-state index contributed by atoms with van der Waals surface area (Å²) in [5.74, 6) is -0.243. The summed E-state index contributed by atoms with van der Waals surface area (Å²) in [5.41, 5.74) is 1.00. The van der Waals surface area contributed by atoms with E-state index >= 15 is 0 Å². The highest BCUT2D eigenvalue weighted by atomic mass is 35.5. The van der Waals surface area contributed by atoms with Crippen molar-refractivity contribution in [2.75, 3.05) is 18.0 Å². The van der Waals surface area contributed by atoms with Crippen LogP contribution in [0.5, 0.6) is 0 Å². The molecule has 1 aliphatic rings. The second-order valence-electron chi connectivity index (χ2n) is 4.04. The number of hydrogen-bond acceptors (Lipinski definition) is 2. The van der Waals surface area contributed by atoms with E-state index in [9.17, 15) is 9.18 Å². The van der Waals surface area contributed by atoms with E-state index in [1.807, 2.05) is 0 Å². The number of carbonyl (C=O) groups excluding carboxylic acids is 1. The topological polar surface area (TPSA) is 20.3 Å². The first kappa shape index (κ1) is 11.4. The van der Waals surface area contributed by atoms with Gasteiger partial charge in [-0.05, 0) is 48.7 Å². The van der Waals surface area contributed by atoms with Crippen LogP contribution in [0.4, 0.5) is 10.1 Å². The smallest absolute Gasteiger partial charge is 0.224 e. The first-order valence-electron chi connectivity index (χ1n) is 5.36. The molecule has 1 heterocycles. The van der Waals surface area contributed by atoms with Crippen molar-refractivity contribution in [1.29, 1.82) is 0 Å². The molecule has 1 aromatic carbocycles. The summed E-state index contributed by atoms with van der Waals surface area (Å²) >= 11 is 5.46. The number of anilines is 1. The number of halogens is 2. The van der Waals surface area contributed by atoms with Crippen molar-refractivity contribution in [2.24, 2.45) is 5.92 Å². The molecule has 0 aliphatic carbocycles. The molecule has 86 valence electrons. The third-order valence-corrected chi connectivity index (χ3v) is 3.32. The van der Waals surface area contributed by atoms with E-state index in [1.54, 1.807) is 12.1 Å². The van der Waals surface area contributed by atoms with Gasteiger partial charge in [0, 0.05) is 24.7 Å². The van der Waals surface area contributed by atoms with E-state index in [-0.39, 0.29) is 17.0 Å². The van der Waals surface area contributed by atoms with E-state index in [4.69, 9.17) is 11.6 Å². The van der Waals surface area contributed by atoms with Crippen LogP contribution in [0, 0.1) is 11.7 Å². The van der Waals surface area contributed by atoms with Crippen LogP contribution in [-0.2, 0) is 4.79 Å². The lowest BCUT2D eigenvalue weighted by atomic mass is 9.98. The van der Waals surface area contributed by atoms with Gasteiger partial charge in [0.05, 0.1) is 0 Å². The second kappa shape index (κ2) is 4.83. The molecule has 0 atom stereocenters. The Hall–Kier alpha value is -1.09. The maximum Gasteiger partial charge on any atom is 0.224 e. The Labute approximate surface area is 99.0 Å². The SMILES string of the molecule is O=C(Cl)C1CCN(c2ccc(F)cc2)CC1. The van der Waals surface area contributed by atoms with Gasteiger partial charge in [0.25, 0.3) is 0 Å². The standard InChI is InChI=1S/C12H13ClFNO/c13-12(16)9-5-7-15(8-6-9)11-3-1-10(14)2-4-11/h1-4,9H,5-8H2. The van der Waals surface area contributed by atoms with Gasteiger partial charge in [-0.2, -0.15) is 0 Å². The molecular weight excluding hydrogens is 229 g/mol. The molecule has 4 heteroatoms. The minimum Gasteiger partial charge on any atom is -0.371 e. The summed E-state index contributed by atoms with van der Waals surface area (Å²) < 4.78 is 12.7. The molecule has 0 unspecified atom stereocenters. The third kappa shape index (κ3) is 2.53. The average Bonchev–Trinajstić information content (AvgIpc) is 2.30. The fourth-order valence-corrected chi connectivity index (χ4v) is 2.23. The molecule has 1 aromatic rings. The highest BCUT2D eigenvalue weighted by Gasteiger charge is 2.23. The van der Waals surface area contributed by atoms with Gasteiger partial charge in [0.2, 0.25) is 5.24 Å². The molecule has 0 saturated carbocycles. The maximum atomic E-state index is 12.7.